The van der Waals surface area contributed by atoms with Crippen molar-refractivity contribution in [3.8, 4) is 0 Å². The maximum Gasteiger partial charge on any atom is 0.305 e. The number of ketones is 3. The summed E-state index contributed by atoms with van der Waals surface area (Å²) in [6.07, 6.45) is 5.67. The molecule has 0 spiro atoms. The lowest BCUT2D eigenvalue weighted by Gasteiger charge is -2.62. The van der Waals surface area contributed by atoms with Crippen LogP contribution in [0.2, 0.25) is 0 Å². The van der Waals surface area contributed by atoms with Crippen LogP contribution in [-0.2, 0) is 28.7 Å². The summed E-state index contributed by atoms with van der Waals surface area (Å²) in [7, 11) is 0. The number of fused-ring (bicyclic) bond motifs is 5. The molecule has 1 aliphatic heterocycles. The first-order chi connectivity index (χ1) is 18.0. The van der Waals surface area contributed by atoms with Gasteiger partial charge in [0.15, 0.2) is 0 Å². The van der Waals surface area contributed by atoms with E-state index in [1.54, 1.807) is 0 Å². The molecule has 38 heavy (non-hydrogen) atoms. The Morgan fingerprint density at radius 1 is 1.08 bits per heavy atom. The molecule has 0 amide bonds. The van der Waals surface area contributed by atoms with Gasteiger partial charge >= 0.3 is 5.97 Å². The van der Waals surface area contributed by atoms with Crippen LogP contribution in [0.25, 0.3) is 0 Å². The van der Waals surface area contributed by atoms with Crippen LogP contribution >= 0.6 is 0 Å². The van der Waals surface area contributed by atoms with Crippen molar-refractivity contribution < 1.29 is 28.7 Å². The number of carbonyl (C=O) groups is 4. The molecule has 4 saturated carbocycles. The summed E-state index contributed by atoms with van der Waals surface area (Å²) < 4.78 is 10.9. The minimum atomic E-state index is -0.558. The molecule has 1 heterocycles. The summed E-state index contributed by atoms with van der Waals surface area (Å²) in [5.74, 6) is 1.07. The molecule has 7 heteroatoms. The minimum Gasteiger partial charge on any atom is -0.464 e. The van der Waals surface area contributed by atoms with Gasteiger partial charge < -0.3 is 9.47 Å². The Balaban J connectivity index is 1.24. The number of esters is 1. The lowest BCUT2D eigenvalue weighted by Crippen LogP contribution is -2.64. The molecule has 5 fully saturated rings. The van der Waals surface area contributed by atoms with Gasteiger partial charge in [-0.05, 0) is 60.2 Å². The fourth-order valence-electron chi connectivity index (χ4n) is 9.57. The third kappa shape index (κ3) is 4.49. The van der Waals surface area contributed by atoms with Crippen molar-refractivity contribution in [2.75, 3.05) is 39.5 Å². The van der Waals surface area contributed by atoms with Crippen LogP contribution < -0.4 is 0 Å². The summed E-state index contributed by atoms with van der Waals surface area (Å²) >= 11 is 0. The van der Waals surface area contributed by atoms with Crippen LogP contribution in [-0.4, -0.2) is 67.7 Å². The third-order valence-corrected chi connectivity index (χ3v) is 12.2. The quantitative estimate of drug-likeness (QED) is 0.455. The fraction of sp³-hybridized carbons (Fsp3) is 0.871. The summed E-state index contributed by atoms with van der Waals surface area (Å²) in [6.45, 7) is 13.1. The average molecular weight is 530 g/mol. The van der Waals surface area contributed by atoms with Crippen molar-refractivity contribution in [2.45, 2.75) is 85.5 Å². The van der Waals surface area contributed by atoms with Crippen molar-refractivity contribution in [1.29, 1.82) is 0 Å². The van der Waals surface area contributed by atoms with E-state index in [1.807, 2.05) is 0 Å². The molecule has 0 unspecified atom stereocenters. The molecule has 212 valence electrons. The molecule has 5 aliphatic rings. The van der Waals surface area contributed by atoms with Gasteiger partial charge in [-0.1, -0.05) is 27.7 Å². The maximum absolute atomic E-state index is 14.1. The van der Waals surface area contributed by atoms with E-state index in [0.29, 0.717) is 50.9 Å². The average Bonchev–Trinajstić information content (AvgIpc) is 3.17. The highest BCUT2D eigenvalue weighted by atomic mass is 16.5. The standard InChI is InChI=1S/C31H47NO6/c1-20(5-6-27(36)38-16-13-32-11-14-37-15-12-32)23-8-10-30(3)28-24(19-26(35)31(23,30)4)29(2)9-7-22(33)17-21(29)18-25(28)34/h20-21,23-24,28H,5-19H2,1-4H3/t20-,21+,23-,24+,28+,29+,30+,31+/m1/s1. The molecule has 0 bridgehead atoms. The first kappa shape index (κ1) is 27.9. The normalized spacial score (nSPS) is 42.3. The zero-order chi connectivity index (χ0) is 27.3. The van der Waals surface area contributed by atoms with Gasteiger partial charge in [0.25, 0.3) is 0 Å². The molecule has 0 N–H and O–H groups in total. The lowest BCUT2D eigenvalue weighted by molar-refractivity contribution is -0.180. The van der Waals surface area contributed by atoms with E-state index in [-0.39, 0.29) is 58.0 Å². The number of carbonyl (C=O) groups excluding carboxylic acids is 4. The molecule has 0 aromatic carbocycles. The van der Waals surface area contributed by atoms with Crippen molar-refractivity contribution in [3.05, 3.63) is 0 Å². The summed E-state index contributed by atoms with van der Waals surface area (Å²) in [5.41, 5.74) is -1.03. The Bertz CT molecular complexity index is 973. The number of hydrogen-bond acceptors (Lipinski definition) is 7. The van der Waals surface area contributed by atoms with Gasteiger partial charge in [-0.2, -0.15) is 0 Å². The van der Waals surface area contributed by atoms with Crippen molar-refractivity contribution in [3.63, 3.8) is 0 Å². The smallest absolute Gasteiger partial charge is 0.305 e. The number of morpholine rings is 1. The number of ether oxygens (including phenoxy) is 2. The van der Waals surface area contributed by atoms with E-state index >= 15 is 0 Å². The van der Waals surface area contributed by atoms with E-state index < -0.39 is 5.41 Å². The molecule has 8 atom stereocenters. The molecular formula is C31H47NO6. The summed E-state index contributed by atoms with van der Waals surface area (Å²) in [4.78, 5) is 54.8. The number of hydrogen-bond donors (Lipinski definition) is 0. The van der Waals surface area contributed by atoms with Gasteiger partial charge in [0.05, 0.1) is 13.2 Å². The van der Waals surface area contributed by atoms with E-state index in [1.165, 1.54) is 0 Å². The molecule has 0 radical (unpaired) electrons. The monoisotopic (exact) mass is 529 g/mol. The van der Waals surface area contributed by atoms with Gasteiger partial charge in [0.1, 0.15) is 24.0 Å². The first-order valence-electron chi connectivity index (χ1n) is 15.0. The maximum atomic E-state index is 14.1. The van der Waals surface area contributed by atoms with Crippen LogP contribution in [0.3, 0.4) is 0 Å². The molecule has 0 aromatic heterocycles. The van der Waals surface area contributed by atoms with E-state index in [0.717, 1.165) is 52.1 Å². The van der Waals surface area contributed by atoms with Gasteiger partial charge in [-0.25, -0.2) is 0 Å². The lowest BCUT2D eigenvalue weighted by atomic mass is 9.39. The van der Waals surface area contributed by atoms with Crippen LogP contribution in [0.5, 0.6) is 0 Å². The highest BCUT2D eigenvalue weighted by Crippen LogP contribution is 2.71. The second-order valence-electron chi connectivity index (χ2n) is 13.8. The second kappa shape index (κ2) is 10.4. The van der Waals surface area contributed by atoms with Crippen molar-refractivity contribution in [1.82, 2.24) is 4.90 Å². The Kier molecular flexibility index (Phi) is 7.66. The van der Waals surface area contributed by atoms with Gasteiger partial charge in [-0.15, -0.1) is 0 Å². The van der Waals surface area contributed by atoms with Gasteiger partial charge in [0.2, 0.25) is 0 Å². The SMILES string of the molecule is C[C@H](CCC(=O)OCCN1CCOCC1)[C@H]1CC[C@@]2(C)[C@@H]3C(=O)C[C@@H]4CC(=O)CC[C@]4(C)[C@H]3CC(=O)[C@]12C. The first-order valence-corrected chi connectivity index (χ1v) is 15.0. The Morgan fingerprint density at radius 2 is 1.82 bits per heavy atom. The topological polar surface area (TPSA) is 90.0 Å². The zero-order valence-corrected chi connectivity index (χ0v) is 23.9. The minimum absolute atomic E-state index is 0.0444. The van der Waals surface area contributed by atoms with Crippen molar-refractivity contribution >= 4 is 23.3 Å². The Morgan fingerprint density at radius 3 is 2.55 bits per heavy atom. The van der Waals surface area contributed by atoms with Gasteiger partial charge in [-0.3, -0.25) is 24.1 Å². The summed E-state index contributed by atoms with van der Waals surface area (Å²) in [6, 6.07) is 0. The predicted molar refractivity (Wildman–Crippen MR) is 142 cm³/mol. The van der Waals surface area contributed by atoms with Crippen LogP contribution in [0.1, 0.15) is 85.5 Å². The largest absolute Gasteiger partial charge is 0.464 e. The molecule has 0 aromatic rings. The van der Waals surface area contributed by atoms with E-state index in [9.17, 15) is 19.2 Å². The Labute approximate surface area is 227 Å². The highest BCUT2D eigenvalue weighted by Gasteiger charge is 2.71. The summed E-state index contributed by atoms with van der Waals surface area (Å²) in [5, 5.41) is 0. The molecule has 5 rings (SSSR count). The molecule has 7 nitrogen and oxygen atoms in total. The number of Topliss-reactive ketones (excluding diaryl/α,β-unsaturated/α-hetero) is 3. The van der Waals surface area contributed by atoms with Gasteiger partial charge in [0, 0.05) is 63.1 Å². The molecular weight excluding hydrogens is 482 g/mol. The number of rotatable bonds is 7. The highest BCUT2D eigenvalue weighted by molar-refractivity contribution is 5.94. The number of nitrogens with zero attached hydrogens (tertiary/aromatic N) is 1. The zero-order valence-electron chi connectivity index (χ0n) is 23.9. The van der Waals surface area contributed by atoms with Crippen LogP contribution in [0, 0.1) is 45.8 Å². The third-order valence-electron chi connectivity index (χ3n) is 12.2. The Hall–Kier alpha value is -1.60. The van der Waals surface area contributed by atoms with E-state index in [4.69, 9.17) is 9.47 Å². The van der Waals surface area contributed by atoms with Crippen LogP contribution in [0.4, 0.5) is 0 Å². The van der Waals surface area contributed by atoms with Crippen LogP contribution in [0.15, 0.2) is 0 Å². The fourth-order valence-corrected chi connectivity index (χ4v) is 9.57. The second-order valence-corrected chi connectivity index (χ2v) is 13.8. The molecule has 4 aliphatic carbocycles. The van der Waals surface area contributed by atoms with Crippen molar-refractivity contribution in [2.24, 2.45) is 45.8 Å². The molecule has 1 saturated heterocycles. The predicted octanol–water partition coefficient (Wildman–Crippen LogP) is 4.25. The van der Waals surface area contributed by atoms with E-state index in [2.05, 4.69) is 32.6 Å².